The van der Waals surface area contributed by atoms with Crippen molar-refractivity contribution in [3.05, 3.63) is 77.7 Å². The molecule has 2 heterocycles. The van der Waals surface area contributed by atoms with Crippen molar-refractivity contribution in [2.45, 2.75) is 24.9 Å². The van der Waals surface area contributed by atoms with Gasteiger partial charge in [-0.05, 0) is 67.3 Å². The van der Waals surface area contributed by atoms with Gasteiger partial charge in [-0.2, -0.15) is 13.2 Å². The second kappa shape index (κ2) is 12.3. The van der Waals surface area contributed by atoms with Crippen molar-refractivity contribution in [3.8, 4) is 17.2 Å². The van der Waals surface area contributed by atoms with Crippen molar-refractivity contribution in [2.75, 3.05) is 25.9 Å². The van der Waals surface area contributed by atoms with Crippen LogP contribution in [-0.2, 0) is 4.79 Å². The number of nitrogens with two attached hydrogens (primary N) is 1. The lowest BCUT2D eigenvalue weighted by Crippen LogP contribution is -2.38. The number of aliphatic carboxylic acids is 1. The van der Waals surface area contributed by atoms with Crippen LogP contribution >= 0.6 is 0 Å². The number of pyridine rings is 1. The van der Waals surface area contributed by atoms with E-state index < -0.39 is 12.1 Å². The number of carbonyl (C=O) groups is 2. The average Bonchev–Trinajstić information content (AvgIpc) is 2.90. The molecule has 38 heavy (non-hydrogen) atoms. The molecule has 1 aliphatic rings. The minimum absolute atomic E-state index is 0.00539. The van der Waals surface area contributed by atoms with Crippen molar-refractivity contribution in [1.29, 1.82) is 0 Å². The number of likely N-dealkylation sites (tertiary alicyclic amines) is 1. The Bertz CT molecular complexity index is 1240. The number of ether oxygens (including phenoxy) is 2. The minimum atomic E-state index is -5.08. The molecule has 0 saturated carbocycles. The van der Waals surface area contributed by atoms with Gasteiger partial charge in [0.25, 0.3) is 5.91 Å². The van der Waals surface area contributed by atoms with Gasteiger partial charge in [-0.15, -0.1) is 0 Å². The molecule has 1 saturated heterocycles. The summed E-state index contributed by atoms with van der Waals surface area (Å²) in [5, 5.41) is 7.12. The number of carbonyl (C=O) groups excluding carboxylic acids is 1. The highest BCUT2D eigenvalue weighted by molar-refractivity contribution is 5.94. The van der Waals surface area contributed by atoms with Crippen molar-refractivity contribution in [1.82, 2.24) is 9.88 Å². The number of alkyl halides is 3. The molecule has 0 aliphatic carbocycles. The number of hydrogen-bond donors (Lipinski definition) is 2. The first-order valence-corrected chi connectivity index (χ1v) is 11.4. The predicted octanol–water partition coefficient (Wildman–Crippen LogP) is 5.26. The molecule has 1 aliphatic heterocycles. The smallest absolute Gasteiger partial charge is 0.490 e. The number of methoxy groups -OCH3 is 1. The molecule has 12 heteroatoms. The zero-order chi connectivity index (χ0) is 27.9. The van der Waals surface area contributed by atoms with Crippen LogP contribution in [0.2, 0.25) is 0 Å². The van der Waals surface area contributed by atoms with E-state index in [1.165, 1.54) is 12.1 Å². The standard InChI is InChI=1S/C24H24FN3O3.C2HF3O2/c1-30-22-14-23(26)27-15-21(22)16-10-12-28(13-11-16)24(29)17-2-6-19(7-3-17)31-20-8-4-18(25)5-9-20;3-2(4,5)1(6)7/h2-9,14-16H,10-13H2,1H3,(H2,26,27);(H,6,7). The van der Waals surface area contributed by atoms with E-state index in [0.717, 1.165) is 24.2 Å². The molecule has 3 N–H and O–H groups in total. The summed E-state index contributed by atoms with van der Waals surface area (Å²) in [4.78, 5) is 27.9. The fraction of sp³-hybridized carbons (Fsp3) is 0.269. The van der Waals surface area contributed by atoms with Gasteiger partial charge in [0.1, 0.15) is 28.9 Å². The summed E-state index contributed by atoms with van der Waals surface area (Å²) < 4.78 is 55.9. The van der Waals surface area contributed by atoms with Crippen LogP contribution in [0.3, 0.4) is 0 Å². The number of nitrogens with zero attached hydrogens (tertiary/aromatic N) is 2. The predicted molar refractivity (Wildman–Crippen MR) is 130 cm³/mol. The molecule has 0 radical (unpaired) electrons. The Morgan fingerprint density at radius 1 is 1.03 bits per heavy atom. The van der Waals surface area contributed by atoms with Crippen LogP contribution in [0.4, 0.5) is 23.4 Å². The molecule has 1 aromatic heterocycles. The molecular formula is C26H25F4N3O5. The van der Waals surface area contributed by atoms with Gasteiger partial charge in [0.15, 0.2) is 0 Å². The van der Waals surface area contributed by atoms with E-state index in [4.69, 9.17) is 25.1 Å². The molecule has 4 rings (SSSR count). The monoisotopic (exact) mass is 535 g/mol. The first-order valence-electron chi connectivity index (χ1n) is 11.4. The highest BCUT2D eigenvalue weighted by Gasteiger charge is 2.38. The molecule has 0 spiro atoms. The van der Waals surface area contributed by atoms with Crippen LogP contribution < -0.4 is 15.2 Å². The van der Waals surface area contributed by atoms with Gasteiger partial charge >= 0.3 is 12.1 Å². The van der Waals surface area contributed by atoms with Crippen molar-refractivity contribution in [3.63, 3.8) is 0 Å². The molecule has 202 valence electrons. The van der Waals surface area contributed by atoms with Crippen LogP contribution in [0.25, 0.3) is 0 Å². The molecule has 8 nitrogen and oxygen atoms in total. The van der Waals surface area contributed by atoms with Crippen LogP contribution in [-0.4, -0.2) is 53.2 Å². The molecular weight excluding hydrogens is 510 g/mol. The number of rotatable bonds is 5. The van der Waals surface area contributed by atoms with E-state index in [9.17, 15) is 22.4 Å². The quantitative estimate of drug-likeness (QED) is 0.429. The summed E-state index contributed by atoms with van der Waals surface area (Å²) in [5.41, 5.74) is 7.39. The third-order valence-corrected chi connectivity index (χ3v) is 5.75. The lowest BCUT2D eigenvalue weighted by atomic mass is 9.89. The average molecular weight is 535 g/mol. The minimum Gasteiger partial charge on any atom is -0.496 e. The fourth-order valence-electron chi connectivity index (χ4n) is 3.83. The van der Waals surface area contributed by atoms with E-state index in [0.29, 0.717) is 36.0 Å². The molecule has 1 fully saturated rings. The van der Waals surface area contributed by atoms with E-state index >= 15 is 0 Å². The molecule has 3 aromatic rings. The Labute approximate surface area is 215 Å². The summed E-state index contributed by atoms with van der Waals surface area (Å²) in [6.45, 7) is 1.32. The zero-order valence-corrected chi connectivity index (χ0v) is 20.2. The van der Waals surface area contributed by atoms with E-state index in [1.807, 2.05) is 4.90 Å². The number of anilines is 1. The third-order valence-electron chi connectivity index (χ3n) is 5.75. The van der Waals surface area contributed by atoms with E-state index in [2.05, 4.69) is 4.98 Å². The molecule has 0 unspecified atom stereocenters. The Kier molecular flexibility index (Phi) is 9.11. The molecule has 0 atom stereocenters. The Morgan fingerprint density at radius 2 is 1.55 bits per heavy atom. The maximum Gasteiger partial charge on any atom is 0.490 e. The summed E-state index contributed by atoms with van der Waals surface area (Å²) in [5.74, 6) is -0.502. The summed E-state index contributed by atoms with van der Waals surface area (Å²) in [6.07, 6.45) is -1.64. The highest BCUT2D eigenvalue weighted by Crippen LogP contribution is 2.35. The SMILES string of the molecule is COc1cc(N)ncc1C1CCN(C(=O)c2ccc(Oc3ccc(F)cc3)cc2)CC1.O=C(O)C(F)(F)F. The highest BCUT2D eigenvalue weighted by atomic mass is 19.4. The maximum atomic E-state index is 13.0. The lowest BCUT2D eigenvalue weighted by molar-refractivity contribution is -0.192. The van der Waals surface area contributed by atoms with Gasteiger partial charge in [-0.3, -0.25) is 4.79 Å². The largest absolute Gasteiger partial charge is 0.496 e. The first-order chi connectivity index (χ1) is 18.0. The van der Waals surface area contributed by atoms with Gasteiger partial charge in [-0.1, -0.05) is 0 Å². The number of benzene rings is 2. The Morgan fingerprint density at radius 3 is 2.05 bits per heavy atom. The van der Waals surface area contributed by atoms with Gasteiger partial charge in [0.05, 0.1) is 7.11 Å². The zero-order valence-electron chi connectivity index (χ0n) is 20.2. The Hall–Kier alpha value is -4.35. The number of aromatic nitrogens is 1. The lowest BCUT2D eigenvalue weighted by Gasteiger charge is -2.32. The number of nitrogen functional groups attached to an aromatic ring is 1. The topological polar surface area (TPSA) is 115 Å². The number of carboxylic acids is 1. The number of carboxylic acid groups (broad SMARTS) is 1. The van der Waals surface area contributed by atoms with Gasteiger partial charge < -0.3 is 25.2 Å². The van der Waals surface area contributed by atoms with Gasteiger partial charge in [0.2, 0.25) is 0 Å². The van der Waals surface area contributed by atoms with Gasteiger partial charge in [0, 0.05) is 36.5 Å². The molecule has 1 amide bonds. The summed E-state index contributed by atoms with van der Waals surface area (Å²) in [6, 6.07) is 14.5. The van der Waals surface area contributed by atoms with Crippen LogP contribution in [0, 0.1) is 5.82 Å². The van der Waals surface area contributed by atoms with Crippen LogP contribution in [0.15, 0.2) is 60.8 Å². The number of amides is 1. The van der Waals surface area contributed by atoms with Crippen molar-refractivity contribution >= 4 is 17.7 Å². The number of halogens is 4. The first kappa shape index (κ1) is 28.2. The molecule has 0 bridgehead atoms. The van der Waals surface area contributed by atoms with E-state index in [1.54, 1.807) is 55.8 Å². The maximum absolute atomic E-state index is 13.0. The summed E-state index contributed by atoms with van der Waals surface area (Å²) >= 11 is 0. The third kappa shape index (κ3) is 7.58. The van der Waals surface area contributed by atoms with Crippen LogP contribution in [0.5, 0.6) is 17.2 Å². The number of piperidine rings is 1. The number of hydrogen-bond acceptors (Lipinski definition) is 6. The fourth-order valence-corrected chi connectivity index (χ4v) is 3.83. The van der Waals surface area contributed by atoms with Crippen LogP contribution in [0.1, 0.15) is 34.7 Å². The molecule has 2 aromatic carbocycles. The second-order valence-electron chi connectivity index (χ2n) is 8.30. The summed E-state index contributed by atoms with van der Waals surface area (Å²) in [7, 11) is 1.63. The van der Waals surface area contributed by atoms with Gasteiger partial charge in [-0.25, -0.2) is 14.2 Å². The second-order valence-corrected chi connectivity index (χ2v) is 8.30. The van der Waals surface area contributed by atoms with E-state index in [-0.39, 0.29) is 17.6 Å². The van der Waals surface area contributed by atoms with Crippen molar-refractivity contribution < 1.29 is 41.7 Å². The normalized spacial score (nSPS) is 13.8. The Balaban J connectivity index is 0.000000505. The van der Waals surface area contributed by atoms with Crippen molar-refractivity contribution in [2.24, 2.45) is 0 Å².